The molecule has 1 saturated heterocycles. The quantitative estimate of drug-likeness (QED) is 0.884. The third-order valence-electron chi connectivity index (χ3n) is 3.78. The van der Waals surface area contributed by atoms with E-state index in [9.17, 15) is 13.8 Å². The van der Waals surface area contributed by atoms with Crippen LogP contribution in [0.4, 0.5) is 0 Å². The Morgan fingerprint density at radius 2 is 2.33 bits per heavy atom. The summed E-state index contributed by atoms with van der Waals surface area (Å²) < 4.78 is 12.3. The van der Waals surface area contributed by atoms with Crippen molar-refractivity contribution >= 4 is 34.0 Å². The fraction of sp³-hybridized carbons (Fsp3) is 0.571. The van der Waals surface area contributed by atoms with Gasteiger partial charge in [-0.1, -0.05) is 6.07 Å². The van der Waals surface area contributed by atoms with Gasteiger partial charge in [-0.2, -0.15) is 0 Å². The summed E-state index contributed by atoms with van der Waals surface area (Å²) in [6.07, 6.45) is 1.50. The number of primary amides is 1. The van der Waals surface area contributed by atoms with Gasteiger partial charge in [0.15, 0.2) is 0 Å². The number of hydrogen-bond acceptors (Lipinski definition) is 4. The van der Waals surface area contributed by atoms with Crippen LogP contribution in [0.2, 0.25) is 0 Å². The first-order valence-electron chi connectivity index (χ1n) is 6.96. The zero-order valence-electron chi connectivity index (χ0n) is 12.0. The molecule has 7 heteroatoms. The number of nitrogens with two attached hydrogens (primary N) is 1. The second kappa shape index (κ2) is 7.17. The summed E-state index contributed by atoms with van der Waals surface area (Å²) in [5.74, 6) is -0.779. The number of hydrogen-bond donors (Lipinski definition) is 1. The van der Waals surface area contributed by atoms with Gasteiger partial charge in [0.2, 0.25) is 11.8 Å². The molecule has 2 rings (SSSR count). The topological polar surface area (TPSA) is 80.5 Å². The zero-order valence-corrected chi connectivity index (χ0v) is 13.6. The number of amides is 2. The van der Waals surface area contributed by atoms with Crippen molar-refractivity contribution in [2.45, 2.75) is 25.0 Å². The first kappa shape index (κ1) is 16.2. The van der Waals surface area contributed by atoms with Crippen molar-refractivity contribution in [1.82, 2.24) is 4.90 Å². The maximum Gasteiger partial charge on any atom is 0.235 e. The minimum Gasteiger partial charge on any atom is -0.369 e. The molecule has 3 atom stereocenters. The number of nitrogens with zero attached hydrogens (tertiary/aromatic N) is 1. The highest BCUT2D eigenvalue weighted by atomic mass is 32.2. The van der Waals surface area contributed by atoms with E-state index in [1.165, 1.54) is 0 Å². The first-order chi connectivity index (χ1) is 9.99. The molecule has 2 N–H and O–H groups in total. The predicted octanol–water partition coefficient (Wildman–Crippen LogP) is 1.28. The van der Waals surface area contributed by atoms with Crippen LogP contribution in [0, 0.1) is 5.92 Å². The Morgan fingerprint density at radius 3 is 2.95 bits per heavy atom. The third kappa shape index (κ3) is 4.14. The third-order valence-corrected chi connectivity index (χ3v) is 6.56. The molecule has 0 radical (unpaired) electrons. The molecule has 5 nitrogen and oxygen atoms in total. The molecule has 1 aliphatic heterocycles. The summed E-state index contributed by atoms with van der Waals surface area (Å²) in [4.78, 5) is 26.1. The van der Waals surface area contributed by atoms with Gasteiger partial charge in [-0.15, -0.1) is 11.3 Å². The normalized spacial score (nSPS) is 21.8. The molecule has 1 aromatic heterocycles. The molecule has 0 aromatic carbocycles. The van der Waals surface area contributed by atoms with E-state index in [0.717, 1.165) is 17.7 Å². The minimum absolute atomic E-state index is 0.00451. The molecule has 2 heterocycles. The monoisotopic (exact) mass is 328 g/mol. The van der Waals surface area contributed by atoms with Crippen LogP contribution >= 0.6 is 11.3 Å². The maximum atomic E-state index is 12.3. The van der Waals surface area contributed by atoms with Crippen LogP contribution in [0.5, 0.6) is 0 Å². The minimum atomic E-state index is -1.24. The number of carbonyl (C=O) groups excluding carboxylic acids is 2. The van der Waals surface area contributed by atoms with Crippen molar-refractivity contribution in [2.75, 3.05) is 18.8 Å². The molecular weight excluding hydrogens is 308 g/mol. The largest absolute Gasteiger partial charge is 0.369 e. The van der Waals surface area contributed by atoms with E-state index >= 15 is 0 Å². The Morgan fingerprint density at radius 1 is 1.57 bits per heavy atom. The molecule has 0 saturated carbocycles. The first-order valence-corrected chi connectivity index (χ1v) is 9.23. The van der Waals surface area contributed by atoms with Crippen LogP contribution in [0.25, 0.3) is 0 Å². The van der Waals surface area contributed by atoms with Crippen molar-refractivity contribution in [3.8, 4) is 0 Å². The Hall–Kier alpha value is -1.21. The van der Waals surface area contributed by atoms with Gasteiger partial charge < -0.3 is 10.6 Å². The lowest BCUT2D eigenvalue weighted by atomic mass is 9.97. The molecule has 21 heavy (non-hydrogen) atoms. The van der Waals surface area contributed by atoms with Crippen LogP contribution in [-0.2, 0) is 20.4 Å². The molecular formula is C14H20N2O3S2. The SMILES string of the molecule is C[C@H](c1cccs1)[S@@](=O)CC(=O)N1CCC[C@@H](C(N)=O)C1. The van der Waals surface area contributed by atoms with E-state index in [1.54, 1.807) is 16.2 Å². The summed E-state index contributed by atoms with van der Waals surface area (Å²) in [5, 5.41) is 1.79. The number of piperidine rings is 1. The Bertz CT molecular complexity index is 530. The standard InChI is InChI=1S/C14H20N2O3S2/c1-10(12-5-3-7-20-12)21(19)9-13(17)16-6-2-4-11(8-16)14(15)18/h3,5,7,10-11H,2,4,6,8-9H2,1H3,(H2,15,18)/t10-,11-,21+/m1/s1. The highest BCUT2D eigenvalue weighted by Crippen LogP contribution is 2.24. The lowest BCUT2D eigenvalue weighted by Gasteiger charge is -2.31. The molecule has 1 fully saturated rings. The van der Waals surface area contributed by atoms with Crippen LogP contribution in [0.1, 0.15) is 29.9 Å². The number of rotatable bonds is 5. The lowest BCUT2D eigenvalue weighted by Crippen LogP contribution is -2.45. The fourth-order valence-electron chi connectivity index (χ4n) is 2.43. The van der Waals surface area contributed by atoms with Crippen LogP contribution in [-0.4, -0.2) is 39.8 Å². The Labute approximate surface area is 131 Å². The van der Waals surface area contributed by atoms with E-state index < -0.39 is 10.8 Å². The molecule has 1 aliphatic rings. The average molecular weight is 328 g/mol. The Kier molecular flexibility index (Phi) is 5.52. The molecule has 0 unspecified atom stereocenters. The highest BCUT2D eigenvalue weighted by Gasteiger charge is 2.28. The van der Waals surface area contributed by atoms with E-state index in [1.807, 2.05) is 24.4 Å². The summed E-state index contributed by atoms with van der Waals surface area (Å²) in [7, 11) is -1.24. The van der Waals surface area contributed by atoms with Crippen molar-refractivity contribution in [3.63, 3.8) is 0 Å². The van der Waals surface area contributed by atoms with Crippen molar-refractivity contribution < 1.29 is 13.8 Å². The lowest BCUT2D eigenvalue weighted by molar-refractivity contribution is -0.132. The van der Waals surface area contributed by atoms with Gasteiger partial charge in [-0.05, 0) is 31.2 Å². The highest BCUT2D eigenvalue weighted by molar-refractivity contribution is 7.86. The van der Waals surface area contributed by atoms with Gasteiger partial charge in [0, 0.05) is 28.8 Å². The van der Waals surface area contributed by atoms with E-state index in [4.69, 9.17) is 5.73 Å². The predicted molar refractivity (Wildman–Crippen MR) is 84.2 cm³/mol. The van der Waals surface area contributed by atoms with Gasteiger partial charge in [0.1, 0.15) is 5.75 Å². The molecule has 2 amide bonds. The molecule has 0 bridgehead atoms. The number of likely N-dealkylation sites (tertiary alicyclic amines) is 1. The summed E-state index contributed by atoms with van der Waals surface area (Å²) >= 11 is 1.55. The molecule has 1 aromatic rings. The summed E-state index contributed by atoms with van der Waals surface area (Å²) in [6, 6.07) is 3.85. The van der Waals surface area contributed by atoms with E-state index in [0.29, 0.717) is 13.1 Å². The van der Waals surface area contributed by atoms with Gasteiger partial charge >= 0.3 is 0 Å². The molecule has 0 spiro atoms. The zero-order chi connectivity index (χ0) is 15.4. The van der Waals surface area contributed by atoms with Crippen molar-refractivity contribution in [2.24, 2.45) is 11.7 Å². The summed E-state index contributed by atoms with van der Waals surface area (Å²) in [5.41, 5.74) is 5.31. The molecule has 116 valence electrons. The van der Waals surface area contributed by atoms with Gasteiger partial charge in [0.25, 0.3) is 0 Å². The Balaban J connectivity index is 1.91. The second-order valence-electron chi connectivity index (χ2n) is 5.26. The van der Waals surface area contributed by atoms with Gasteiger partial charge in [0.05, 0.1) is 11.2 Å². The van der Waals surface area contributed by atoms with E-state index in [-0.39, 0.29) is 28.7 Å². The van der Waals surface area contributed by atoms with Crippen molar-refractivity contribution in [3.05, 3.63) is 22.4 Å². The smallest absolute Gasteiger partial charge is 0.235 e. The second-order valence-corrected chi connectivity index (χ2v) is 8.00. The van der Waals surface area contributed by atoms with Crippen molar-refractivity contribution in [1.29, 1.82) is 0 Å². The fourth-order valence-corrected chi connectivity index (χ4v) is 4.59. The van der Waals surface area contributed by atoms with Gasteiger partial charge in [-0.3, -0.25) is 13.8 Å². The van der Waals surface area contributed by atoms with Gasteiger partial charge in [-0.25, -0.2) is 0 Å². The average Bonchev–Trinajstić information content (AvgIpc) is 3.00. The van der Waals surface area contributed by atoms with Crippen LogP contribution in [0.3, 0.4) is 0 Å². The van der Waals surface area contributed by atoms with Crippen LogP contribution in [0.15, 0.2) is 17.5 Å². The maximum absolute atomic E-state index is 12.3. The molecule has 0 aliphatic carbocycles. The van der Waals surface area contributed by atoms with Crippen LogP contribution < -0.4 is 5.73 Å². The number of thiophene rings is 1. The van der Waals surface area contributed by atoms with E-state index in [2.05, 4.69) is 0 Å². The summed E-state index contributed by atoms with van der Waals surface area (Å²) in [6.45, 7) is 2.85. The number of carbonyl (C=O) groups is 2.